The highest BCUT2D eigenvalue weighted by Gasteiger charge is 2.24. The summed E-state index contributed by atoms with van der Waals surface area (Å²) in [5, 5.41) is 8.52. The largest absolute Gasteiger partial charge is 0.480 e. The summed E-state index contributed by atoms with van der Waals surface area (Å²) in [4.78, 5) is 10.4. The zero-order chi connectivity index (χ0) is 9.56. The summed E-state index contributed by atoms with van der Waals surface area (Å²) in [6.07, 6.45) is -0.850. The van der Waals surface area contributed by atoms with Crippen LogP contribution >= 0.6 is 0 Å². The first-order chi connectivity index (χ1) is 5.63. The molecule has 0 aliphatic carbocycles. The Balaban J connectivity index is 3.98. The molecule has 5 heteroatoms. The average molecular weight is 177 g/mol. The van der Waals surface area contributed by atoms with Gasteiger partial charge in [0, 0.05) is 13.2 Å². The Kier molecular flexibility index (Phi) is 5.61. The Bertz CT molecular complexity index is 133. The first kappa shape index (κ1) is 11.4. The van der Waals surface area contributed by atoms with Gasteiger partial charge < -0.3 is 20.3 Å². The molecule has 5 nitrogen and oxygen atoms in total. The average Bonchev–Trinajstić information content (AvgIpc) is 2.03. The predicted molar refractivity (Wildman–Crippen MR) is 42.7 cm³/mol. The molecule has 0 heterocycles. The van der Waals surface area contributed by atoms with Crippen LogP contribution < -0.4 is 5.73 Å². The van der Waals surface area contributed by atoms with Gasteiger partial charge in [-0.25, -0.2) is 0 Å². The fourth-order valence-electron chi connectivity index (χ4n) is 0.700. The summed E-state index contributed by atoms with van der Waals surface area (Å²) in [6.45, 7) is 4.26. The number of hydrogen-bond acceptors (Lipinski definition) is 4. The molecule has 0 aromatic heterocycles. The molecule has 1 atom stereocenters. The van der Waals surface area contributed by atoms with Crippen LogP contribution in [0.4, 0.5) is 0 Å². The SMILES string of the molecule is CCOC(OCC)[C@@H](N)C(=O)O. The van der Waals surface area contributed by atoms with Crippen LogP contribution in [0.15, 0.2) is 0 Å². The fraction of sp³-hybridized carbons (Fsp3) is 0.857. The van der Waals surface area contributed by atoms with Crippen molar-refractivity contribution < 1.29 is 19.4 Å². The molecule has 0 bridgehead atoms. The maximum Gasteiger partial charge on any atom is 0.325 e. The van der Waals surface area contributed by atoms with E-state index in [0.29, 0.717) is 13.2 Å². The van der Waals surface area contributed by atoms with Crippen LogP contribution in [0.1, 0.15) is 13.8 Å². The second-order valence-electron chi connectivity index (χ2n) is 2.14. The summed E-state index contributed by atoms with van der Waals surface area (Å²) < 4.78 is 9.95. The molecule has 0 radical (unpaired) electrons. The second-order valence-corrected chi connectivity index (χ2v) is 2.14. The molecule has 0 aliphatic heterocycles. The Hall–Kier alpha value is -0.650. The minimum atomic E-state index is -1.12. The van der Waals surface area contributed by atoms with Gasteiger partial charge in [-0.15, -0.1) is 0 Å². The minimum Gasteiger partial charge on any atom is -0.480 e. The van der Waals surface area contributed by atoms with Crippen LogP contribution in [0.25, 0.3) is 0 Å². The summed E-state index contributed by atoms with van der Waals surface area (Å²) in [7, 11) is 0. The Labute approximate surface area is 71.5 Å². The molecule has 0 spiro atoms. The van der Waals surface area contributed by atoms with Crippen LogP contribution in [0.5, 0.6) is 0 Å². The summed E-state index contributed by atoms with van der Waals surface area (Å²) in [6, 6.07) is -1.12. The van der Waals surface area contributed by atoms with Gasteiger partial charge in [0.1, 0.15) is 0 Å². The first-order valence-electron chi connectivity index (χ1n) is 3.85. The quantitative estimate of drug-likeness (QED) is 0.549. The Morgan fingerprint density at radius 3 is 2.08 bits per heavy atom. The van der Waals surface area contributed by atoms with Gasteiger partial charge in [-0.05, 0) is 13.8 Å². The molecule has 0 saturated carbocycles. The van der Waals surface area contributed by atoms with Crippen LogP contribution in [-0.4, -0.2) is 36.6 Å². The van der Waals surface area contributed by atoms with Gasteiger partial charge in [0.05, 0.1) is 0 Å². The van der Waals surface area contributed by atoms with E-state index < -0.39 is 18.3 Å². The summed E-state index contributed by atoms with van der Waals surface area (Å²) in [5.74, 6) is -1.12. The molecule has 0 aliphatic rings. The molecular weight excluding hydrogens is 162 g/mol. The summed E-state index contributed by atoms with van der Waals surface area (Å²) in [5.41, 5.74) is 5.28. The molecular formula is C7H15NO4. The van der Waals surface area contributed by atoms with E-state index in [4.69, 9.17) is 20.3 Å². The number of rotatable bonds is 6. The Morgan fingerprint density at radius 2 is 1.83 bits per heavy atom. The number of ether oxygens (including phenoxy) is 2. The van der Waals surface area contributed by atoms with Crippen LogP contribution in [-0.2, 0) is 14.3 Å². The molecule has 0 fully saturated rings. The van der Waals surface area contributed by atoms with E-state index in [1.54, 1.807) is 13.8 Å². The highest BCUT2D eigenvalue weighted by Crippen LogP contribution is 1.99. The van der Waals surface area contributed by atoms with E-state index in [1.165, 1.54) is 0 Å². The van der Waals surface area contributed by atoms with Crippen molar-refractivity contribution in [2.24, 2.45) is 5.73 Å². The molecule has 72 valence electrons. The third-order valence-electron chi connectivity index (χ3n) is 1.24. The standard InChI is InChI=1S/C7H15NO4/c1-3-11-7(12-4-2)5(8)6(9)10/h5,7H,3-4,8H2,1-2H3,(H,9,10)/t5-/m0/s1. The van der Waals surface area contributed by atoms with E-state index >= 15 is 0 Å². The van der Waals surface area contributed by atoms with Crippen molar-refractivity contribution >= 4 is 5.97 Å². The van der Waals surface area contributed by atoms with Gasteiger partial charge in [-0.1, -0.05) is 0 Å². The van der Waals surface area contributed by atoms with E-state index in [9.17, 15) is 4.79 Å². The molecule has 3 N–H and O–H groups in total. The van der Waals surface area contributed by atoms with E-state index in [0.717, 1.165) is 0 Å². The zero-order valence-corrected chi connectivity index (χ0v) is 7.32. The number of hydrogen-bond donors (Lipinski definition) is 2. The lowest BCUT2D eigenvalue weighted by Crippen LogP contribution is -2.44. The van der Waals surface area contributed by atoms with Crippen LogP contribution in [0, 0.1) is 0 Å². The maximum atomic E-state index is 10.4. The third kappa shape index (κ3) is 3.66. The van der Waals surface area contributed by atoms with Gasteiger partial charge in [0.25, 0.3) is 0 Å². The molecule has 0 saturated heterocycles. The van der Waals surface area contributed by atoms with Crippen LogP contribution in [0.3, 0.4) is 0 Å². The highest BCUT2D eigenvalue weighted by molar-refractivity contribution is 5.73. The van der Waals surface area contributed by atoms with Gasteiger partial charge in [0.2, 0.25) is 0 Å². The zero-order valence-electron chi connectivity index (χ0n) is 7.32. The smallest absolute Gasteiger partial charge is 0.325 e. The number of carboxylic acid groups (broad SMARTS) is 1. The lowest BCUT2D eigenvalue weighted by atomic mass is 10.3. The topological polar surface area (TPSA) is 81.8 Å². The van der Waals surface area contributed by atoms with E-state index in [-0.39, 0.29) is 0 Å². The molecule has 12 heavy (non-hydrogen) atoms. The third-order valence-corrected chi connectivity index (χ3v) is 1.24. The number of carboxylic acids is 1. The number of nitrogens with two attached hydrogens (primary N) is 1. The van der Waals surface area contributed by atoms with Crippen molar-refractivity contribution in [1.29, 1.82) is 0 Å². The van der Waals surface area contributed by atoms with Gasteiger partial charge in [0.15, 0.2) is 12.3 Å². The normalized spacial score (nSPS) is 13.3. The van der Waals surface area contributed by atoms with Gasteiger partial charge in [-0.3, -0.25) is 4.79 Å². The molecule has 0 aromatic carbocycles. The van der Waals surface area contributed by atoms with Crippen molar-refractivity contribution in [2.45, 2.75) is 26.2 Å². The maximum absolute atomic E-state index is 10.4. The lowest BCUT2D eigenvalue weighted by Gasteiger charge is -2.19. The molecule has 0 unspecified atom stereocenters. The summed E-state index contributed by atoms with van der Waals surface area (Å²) >= 11 is 0. The predicted octanol–water partition coefficient (Wildman–Crippen LogP) is -0.203. The highest BCUT2D eigenvalue weighted by atomic mass is 16.7. The number of aliphatic carboxylic acids is 1. The van der Waals surface area contributed by atoms with Crippen molar-refractivity contribution in [3.63, 3.8) is 0 Å². The molecule has 0 aromatic rings. The van der Waals surface area contributed by atoms with Gasteiger partial charge in [-0.2, -0.15) is 0 Å². The fourth-order valence-corrected chi connectivity index (χ4v) is 0.700. The molecule has 0 amide bonds. The van der Waals surface area contributed by atoms with Crippen molar-refractivity contribution in [2.75, 3.05) is 13.2 Å². The van der Waals surface area contributed by atoms with Crippen LogP contribution in [0.2, 0.25) is 0 Å². The van der Waals surface area contributed by atoms with Crippen molar-refractivity contribution in [3.05, 3.63) is 0 Å². The van der Waals surface area contributed by atoms with Gasteiger partial charge >= 0.3 is 5.97 Å². The monoisotopic (exact) mass is 177 g/mol. The Morgan fingerprint density at radius 1 is 1.42 bits per heavy atom. The lowest BCUT2D eigenvalue weighted by molar-refractivity contribution is -0.170. The van der Waals surface area contributed by atoms with E-state index in [2.05, 4.69) is 0 Å². The molecule has 0 rings (SSSR count). The first-order valence-corrected chi connectivity index (χ1v) is 3.85. The minimum absolute atomic E-state index is 0.381. The van der Waals surface area contributed by atoms with Crippen molar-refractivity contribution in [1.82, 2.24) is 0 Å². The van der Waals surface area contributed by atoms with E-state index in [1.807, 2.05) is 0 Å². The number of carbonyl (C=O) groups is 1. The van der Waals surface area contributed by atoms with Crippen molar-refractivity contribution in [3.8, 4) is 0 Å². The second kappa shape index (κ2) is 5.93.